The molecule has 3 rings (SSSR count). The molecule has 7 nitrogen and oxygen atoms in total. The number of carbonyl (C=O) groups excluding carboxylic acids is 1. The molecule has 0 bridgehead atoms. The number of benzene rings is 1. The van der Waals surface area contributed by atoms with E-state index in [1.54, 1.807) is 40.9 Å². The van der Waals surface area contributed by atoms with Gasteiger partial charge in [0.2, 0.25) is 15.9 Å². The minimum absolute atomic E-state index is 0.0802. The molecule has 0 atom stereocenters. The summed E-state index contributed by atoms with van der Waals surface area (Å²) in [7, 11) is 0.0417. The number of carbonyl (C=O) groups is 1. The number of sulfonamides is 1. The van der Waals surface area contributed by atoms with Crippen LogP contribution in [-0.2, 0) is 21.4 Å². The molecule has 2 aromatic rings. The number of nitrogens with zero attached hydrogens (tertiary/aromatic N) is 3. The van der Waals surface area contributed by atoms with Gasteiger partial charge in [-0.2, -0.15) is 4.31 Å². The van der Waals surface area contributed by atoms with Gasteiger partial charge in [0.15, 0.2) is 0 Å². The second-order valence-electron chi connectivity index (χ2n) is 7.22. The van der Waals surface area contributed by atoms with Gasteiger partial charge in [0.05, 0.1) is 23.4 Å². The molecule has 0 fully saturated rings. The topological polar surface area (TPSA) is 74.1 Å². The average Bonchev–Trinajstić information content (AvgIpc) is 3.08. The first-order valence-electron chi connectivity index (χ1n) is 9.51. The van der Waals surface area contributed by atoms with E-state index in [1.165, 1.54) is 17.5 Å². The highest BCUT2D eigenvalue weighted by Crippen LogP contribution is 2.36. The maximum absolute atomic E-state index is 13.5. The van der Waals surface area contributed by atoms with Crippen LogP contribution in [0.1, 0.15) is 19.1 Å². The number of likely N-dealkylation sites (N-methyl/N-ethyl adjacent to an activating group) is 1. The molecule has 1 aromatic heterocycles. The van der Waals surface area contributed by atoms with Crippen LogP contribution in [0.2, 0.25) is 0 Å². The SMILES string of the molecule is CC(=O)N1CCCSc2ccc(S(=O)(=O)N(CCN(C)C)Cc3ccco3)cc21. The molecular weight excluding hydrogens is 410 g/mol. The number of hydrogen-bond donors (Lipinski definition) is 0. The van der Waals surface area contributed by atoms with Crippen molar-refractivity contribution in [2.75, 3.05) is 44.4 Å². The van der Waals surface area contributed by atoms with Crippen molar-refractivity contribution in [1.82, 2.24) is 9.21 Å². The molecule has 9 heteroatoms. The highest BCUT2D eigenvalue weighted by molar-refractivity contribution is 7.99. The van der Waals surface area contributed by atoms with Crippen molar-refractivity contribution >= 4 is 33.4 Å². The van der Waals surface area contributed by atoms with E-state index in [0.717, 1.165) is 17.1 Å². The van der Waals surface area contributed by atoms with E-state index >= 15 is 0 Å². The highest BCUT2D eigenvalue weighted by Gasteiger charge is 2.28. The van der Waals surface area contributed by atoms with Crippen molar-refractivity contribution in [3.05, 3.63) is 42.4 Å². The Morgan fingerprint density at radius 3 is 2.69 bits per heavy atom. The van der Waals surface area contributed by atoms with Crippen molar-refractivity contribution in [1.29, 1.82) is 0 Å². The minimum Gasteiger partial charge on any atom is -0.468 e. The molecular formula is C20H27N3O4S2. The third-order valence-electron chi connectivity index (χ3n) is 4.73. The van der Waals surface area contributed by atoms with E-state index in [4.69, 9.17) is 4.42 Å². The first-order chi connectivity index (χ1) is 13.8. The number of furan rings is 1. The Balaban J connectivity index is 1.97. The lowest BCUT2D eigenvalue weighted by Gasteiger charge is -2.25. The summed E-state index contributed by atoms with van der Waals surface area (Å²) >= 11 is 1.65. The van der Waals surface area contributed by atoms with Crippen LogP contribution in [0.3, 0.4) is 0 Å². The lowest BCUT2D eigenvalue weighted by molar-refractivity contribution is -0.116. The summed E-state index contributed by atoms with van der Waals surface area (Å²) in [5.41, 5.74) is 0.673. The van der Waals surface area contributed by atoms with Crippen molar-refractivity contribution < 1.29 is 17.6 Å². The Morgan fingerprint density at radius 1 is 1.24 bits per heavy atom. The van der Waals surface area contributed by atoms with E-state index in [9.17, 15) is 13.2 Å². The van der Waals surface area contributed by atoms with Gasteiger partial charge in [-0.05, 0) is 56.6 Å². The molecule has 0 radical (unpaired) electrons. The van der Waals surface area contributed by atoms with Gasteiger partial charge in [0.1, 0.15) is 5.76 Å². The highest BCUT2D eigenvalue weighted by atomic mass is 32.2. The summed E-state index contributed by atoms with van der Waals surface area (Å²) in [6, 6.07) is 8.59. The fourth-order valence-corrected chi connectivity index (χ4v) is 5.56. The zero-order valence-electron chi connectivity index (χ0n) is 17.0. The predicted molar refractivity (Wildman–Crippen MR) is 115 cm³/mol. The van der Waals surface area contributed by atoms with Gasteiger partial charge >= 0.3 is 0 Å². The van der Waals surface area contributed by atoms with Gasteiger partial charge in [0, 0.05) is 31.5 Å². The second-order valence-corrected chi connectivity index (χ2v) is 10.3. The summed E-state index contributed by atoms with van der Waals surface area (Å²) in [5.74, 6) is 1.41. The second kappa shape index (κ2) is 9.34. The maximum atomic E-state index is 13.5. The van der Waals surface area contributed by atoms with Gasteiger partial charge in [-0.25, -0.2) is 8.42 Å². The van der Waals surface area contributed by atoms with Crippen molar-refractivity contribution in [3.8, 4) is 0 Å². The van der Waals surface area contributed by atoms with E-state index in [-0.39, 0.29) is 17.3 Å². The van der Waals surface area contributed by atoms with Crippen LogP contribution in [0.4, 0.5) is 5.69 Å². The number of hydrogen-bond acceptors (Lipinski definition) is 6. The van der Waals surface area contributed by atoms with Crippen LogP contribution >= 0.6 is 11.8 Å². The van der Waals surface area contributed by atoms with Gasteiger partial charge < -0.3 is 14.2 Å². The molecule has 1 aliphatic heterocycles. The lowest BCUT2D eigenvalue weighted by Crippen LogP contribution is -2.36. The van der Waals surface area contributed by atoms with E-state index in [0.29, 0.717) is 31.1 Å². The maximum Gasteiger partial charge on any atom is 0.243 e. The third-order valence-corrected chi connectivity index (χ3v) is 7.72. The Bertz CT molecular complexity index is 943. The standard InChI is InChI=1S/C20H27N3O4S2/c1-16(24)23-9-5-13-28-20-8-7-18(14-19(20)23)29(25,26)22(11-10-21(2)3)15-17-6-4-12-27-17/h4,6-8,12,14H,5,9-11,13,15H2,1-3H3. The number of amides is 1. The number of anilines is 1. The largest absolute Gasteiger partial charge is 0.468 e. The van der Waals surface area contributed by atoms with E-state index < -0.39 is 10.0 Å². The summed E-state index contributed by atoms with van der Waals surface area (Å²) in [6.07, 6.45) is 2.41. The van der Waals surface area contributed by atoms with Crippen LogP contribution in [0.15, 0.2) is 50.8 Å². The number of thioether (sulfide) groups is 1. The van der Waals surface area contributed by atoms with Crippen molar-refractivity contribution in [2.24, 2.45) is 0 Å². The van der Waals surface area contributed by atoms with Crippen LogP contribution in [0.5, 0.6) is 0 Å². The van der Waals surface area contributed by atoms with Crippen LogP contribution in [0, 0.1) is 0 Å². The molecule has 0 saturated heterocycles. The Morgan fingerprint density at radius 2 is 2.03 bits per heavy atom. The molecule has 1 amide bonds. The molecule has 158 valence electrons. The summed E-state index contributed by atoms with van der Waals surface area (Å²) < 4.78 is 33.8. The fourth-order valence-electron chi connectivity index (χ4n) is 3.16. The lowest BCUT2D eigenvalue weighted by atomic mass is 10.2. The molecule has 1 aromatic carbocycles. The van der Waals surface area contributed by atoms with Gasteiger partial charge in [-0.15, -0.1) is 11.8 Å². The fraction of sp³-hybridized carbons (Fsp3) is 0.450. The van der Waals surface area contributed by atoms with Crippen LogP contribution < -0.4 is 4.90 Å². The Labute approximate surface area is 176 Å². The van der Waals surface area contributed by atoms with Gasteiger partial charge in [-0.1, -0.05) is 0 Å². The quantitative estimate of drug-likeness (QED) is 0.663. The first kappa shape index (κ1) is 21.9. The number of fused-ring (bicyclic) bond motifs is 1. The van der Waals surface area contributed by atoms with Crippen molar-refractivity contribution in [3.63, 3.8) is 0 Å². The monoisotopic (exact) mass is 437 g/mol. The predicted octanol–water partition coefficient (Wildman–Crippen LogP) is 2.88. The Kier molecular flexibility index (Phi) is 7.05. The van der Waals surface area contributed by atoms with Gasteiger partial charge in [-0.3, -0.25) is 4.79 Å². The molecule has 0 saturated carbocycles. The first-order valence-corrected chi connectivity index (χ1v) is 11.9. The zero-order valence-corrected chi connectivity index (χ0v) is 18.6. The number of rotatable bonds is 7. The Hall–Kier alpha value is -1.81. The zero-order chi connectivity index (χ0) is 21.0. The molecule has 1 aliphatic rings. The van der Waals surface area contributed by atoms with Gasteiger partial charge in [0.25, 0.3) is 0 Å². The molecule has 0 N–H and O–H groups in total. The van der Waals surface area contributed by atoms with Crippen LogP contribution in [0.25, 0.3) is 0 Å². The smallest absolute Gasteiger partial charge is 0.243 e. The average molecular weight is 438 g/mol. The summed E-state index contributed by atoms with van der Waals surface area (Å²) in [6.45, 7) is 3.18. The normalized spacial score (nSPS) is 14.9. The van der Waals surface area contributed by atoms with Crippen LogP contribution in [-0.4, -0.2) is 63.0 Å². The van der Waals surface area contributed by atoms with E-state index in [2.05, 4.69) is 0 Å². The van der Waals surface area contributed by atoms with E-state index in [1.807, 2.05) is 25.1 Å². The molecule has 0 unspecified atom stereocenters. The summed E-state index contributed by atoms with van der Waals surface area (Å²) in [5, 5.41) is 0. The third kappa shape index (κ3) is 5.22. The molecule has 2 heterocycles. The van der Waals surface area contributed by atoms with Crippen molar-refractivity contribution in [2.45, 2.75) is 29.7 Å². The molecule has 0 spiro atoms. The summed E-state index contributed by atoms with van der Waals surface area (Å²) in [4.78, 5) is 16.9. The minimum atomic E-state index is -3.77. The molecule has 29 heavy (non-hydrogen) atoms. The molecule has 0 aliphatic carbocycles.